The molecule has 1 aromatic carbocycles. The second kappa shape index (κ2) is 7.04. The summed E-state index contributed by atoms with van der Waals surface area (Å²) in [6.45, 7) is 0. The highest BCUT2D eigenvalue weighted by Crippen LogP contribution is 2.33. The van der Waals surface area contributed by atoms with Crippen LogP contribution in [0, 0.1) is 5.92 Å². The highest BCUT2D eigenvalue weighted by molar-refractivity contribution is 7.91. The Morgan fingerprint density at radius 1 is 1.04 bits per heavy atom. The summed E-state index contributed by atoms with van der Waals surface area (Å²) in [5, 5.41) is 0. The van der Waals surface area contributed by atoms with E-state index < -0.39 is 9.84 Å². The second-order valence-corrected chi connectivity index (χ2v) is 9.08. The highest BCUT2D eigenvalue weighted by atomic mass is 32.2. The van der Waals surface area contributed by atoms with Gasteiger partial charge < -0.3 is 4.74 Å². The molecule has 1 saturated carbocycles. The zero-order valence-electron chi connectivity index (χ0n) is 13.4. The third-order valence-corrected chi connectivity index (χ3v) is 6.81. The minimum Gasteiger partial charge on any atom is -0.427 e. The summed E-state index contributed by atoms with van der Waals surface area (Å²) in [6.07, 6.45) is 7.17. The van der Waals surface area contributed by atoms with Gasteiger partial charge in [0, 0.05) is 6.42 Å². The summed E-state index contributed by atoms with van der Waals surface area (Å²) in [7, 11) is -2.94. The zero-order chi connectivity index (χ0) is 16.3. The summed E-state index contributed by atoms with van der Waals surface area (Å²) in [5.41, 5.74) is 1.33. The number of benzene rings is 1. The van der Waals surface area contributed by atoms with Crippen LogP contribution in [0.4, 0.5) is 0 Å². The van der Waals surface area contributed by atoms with Crippen LogP contribution in [0.2, 0.25) is 0 Å². The fourth-order valence-corrected chi connectivity index (χ4v) is 5.55. The molecule has 0 spiro atoms. The standard InChI is InChI=1S/C18H24O4S/c19-18(12-14-10-11-23(20,21)13-14)22-17-8-6-16(7-9-17)15-4-2-1-3-5-15/h6-9,14-15H,1-5,10-13H2. The lowest BCUT2D eigenvalue weighted by atomic mass is 9.84. The number of rotatable bonds is 4. The van der Waals surface area contributed by atoms with Crippen molar-refractivity contribution in [2.45, 2.75) is 50.9 Å². The maximum absolute atomic E-state index is 11.9. The van der Waals surface area contributed by atoms with Crippen LogP contribution < -0.4 is 4.74 Å². The van der Waals surface area contributed by atoms with E-state index in [0.717, 1.165) is 0 Å². The molecule has 2 fully saturated rings. The highest BCUT2D eigenvalue weighted by Gasteiger charge is 2.30. The number of carbonyl (C=O) groups excluding carboxylic acids is 1. The van der Waals surface area contributed by atoms with Gasteiger partial charge in [0.15, 0.2) is 9.84 Å². The number of ether oxygens (including phenoxy) is 1. The number of esters is 1. The lowest BCUT2D eigenvalue weighted by Crippen LogP contribution is -2.15. The predicted molar refractivity (Wildman–Crippen MR) is 89.3 cm³/mol. The maximum Gasteiger partial charge on any atom is 0.311 e. The van der Waals surface area contributed by atoms with Crippen molar-refractivity contribution < 1.29 is 17.9 Å². The first-order valence-corrected chi connectivity index (χ1v) is 10.3. The molecule has 126 valence electrons. The third-order valence-electron chi connectivity index (χ3n) is 4.97. The van der Waals surface area contributed by atoms with Gasteiger partial charge in [-0.3, -0.25) is 4.79 Å². The van der Waals surface area contributed by atoms with Crippen molar-refractivity contribution in [1.82, 2.24) is 0 Å². The quantitative estimate of drug-likeness (QED) is 0.624. The van der Waals surface area contributed by atoms with Crippen molar-refractivity contribution in [3.05, 3.63) is 29.8 Å². The largest absolute Gasteiger partial charge is 0.427 e. The SMILES string of the molecule is O=C(CC1CCS(=O)(=O)C1)Oc1ccc(C2CCCCC2)cc1. The van der Waals surface area contributed by atoms with E-state index in [1.807, 2.05) is 12.1 Å². The monoisotopic (exact) mass is 336 g/mol. The van der Waals surface area contributed by atoms with E-state index in [4.69, 9.17) is 4.74 Å². The van der Waals surface area contributed by atoms with Gasteiger partial charge in [-0.05, 0) is 48.8 Å². The van der Waals surface area contributed by atoms with Crippen LogP contribution in [-0.4, -0.2) is 25.9 Å². The van der Waals surface area contributed by atoms with Crippen LogP contribution in [-0.2, 0) is 14.6 Å². The number of carbonyl (C=O) groups is 1. The number of sulfone groups is 1. The van der Waals surface area contributed by atoms with Gasteiger partial charge >= 0.3 is 5.97 Å². The van der Waals surface area contributed by atoms with E-state index in [-0.39, 0.29) is 29.8 Å². The first kappa shape index (κ1) is 16.5. The third kappa shape index (κ3) is 4.56. The van der Waals surface area contributed by atoms with E-state index in [9.17, 15) is 13.2 Å². The maximum atomic E-state index is 11.9. The molecular formula is C18H24O4S. The van der Waals surface area contributed by atoms with Gasteiger partial charge in [0.2, 0.25) is 0 Å². The van der Waals surface area contributed by atoms with E-state index >= 15 is 0 Å². The van der Waals surface area contributed by atoms with Crippen molar-refractivity contribution in [2.75, 3.05) is 11.5 Å². The summed E-state index contributed by atoms with van der Waals surface area (Å²) in [6, 6.07) is 7.82. The average Bonchev–Trinajstić information content (AvgIpc) is 2.87. The molecule has 0 bridgehead atoms. The summed E-state index contributed by atoms with van der Waals surface area (Å²) in [5.74, 6) is 1.07. The van der Waals surface area contributed by atoms with E-state index in [0.29, 0.717) is 18.1 Å². The number of hydrogen-bond acceptors (Lipinski definition) is 4. The predicted octanol–water partition coefficient (Wildman–Crippen LogP) is 3.46. The molecule has 1 aromatic rings. The summed E-state index contributed by atoms with van der Waals surface area (Å²) in [4.78, 5) is 11.9. The Morgan fingerprint density at radius 3 is 2.35 bits per heavy atom. The fraction of sp³-hybridized carbons (Fsp3) is 0.611. The smallest absolute Gasteiger partial charge is 0.311 e. The molecule has 3 rings (SSSR count). The molecule has 0 N–H and O–H groups in total. The zero-order valence-corrected chi connectivity index (χ0v) is 14.2. The van der Waals surface area contributed by atoms with Gasteiger partial charge in [0.1, 0.15) is 5.75 Å². The minimum atomic E-state index is -2.94. The molecule has 1 heterocycles. The van der Waals surface area contributed by atoms with Crippen LogP contribution in [0.15, 0.2) is 24.3 Å². The molecule has 23 heavy (non-hydrogen) atoms. The first-order chi connectivity index (χ1) is 11.0. The van der Waals surface area contributed by atoms with Crippen LogP contribution in [0.25, 0.3) is 0 Å². The Morgan fingerprint density at radius 2 is 1.74 bits per heavy atom. The molecule has 5 heteroatoms. The summed E-state index contributed by atoms with van der Waals surface area (Å²) < 4.78 is 28.2. The van der Waals surface area contributed by atoms with Crippen molar-refractivity contribution in [3.63, 3.8) is 0 Å². The second-order valence-electron chi connectivity index (χ2n) is 6.85. The van der Waals surface area contributed by atoms with Gasteiger partial charge in [0.25, 0.3) is 0 Å². The first-order valence-electron chi connectivity index (χ1n) is 8.53. The minimum absolute atomic E-state index is 0.0889. The Hall–Kier alpha value is -1.36. The topological polar surface area (TPSA) is 60.4 Å². The molecule has 1 unspecified atom stereocenters. The van der Waals surface area contributed by atoms with Crippen molar-refractivity contribution in [3.8, 4) is 5.75 Å². The van der Waals surface area contributed by atoms with E-state index in [2.05, 4.69) is 12.1 Å². The van der Waals surface area contributed by atoms with Crippen LogP contribution in [0.1, 0.15) is 56.4 Å². The van der Waals surface area contributed by atoms with Gasteiger partial charge in [-0.15, -0.1) is 0 Å². The van der Waals surface area contributed by atoms with Gasteiger partial charge in [-0.1, -0.05) is 31.4 Å². The molecule has 0 aromatic heterocycles. The number of hydrogen-bond donors (Lipinski definition) is 0. The van der Waals surface area contributed by atoms with Gasteiger partial charge in [-0.2, -0.15) is 0 Å². The molecule has 1 saturated heterocycles. The van der Waals surface area contributed by atoms with E-state index in [1.165, 1.54) is 37.7 Å². The molecule has 1 aliphatic carbocycles. The molecular weight excluding hydrogens is 312 g/mol. The van der Waals surface area contributed by atoms with Crippen molar-refractivity contribution in [2.24, 2.45) is 5.92 Å². The molecule has 0 radical (unpaired) electrons. The Balaban J connectivity index is 1.52. The van der Waals surface area contributed by atoms with Crippen molar-refractivity contribution >= 4 is 15.8 Å². The van der Waals surface area contributed by atoms with Crippen LogP contribution in [0.3, 0.4) is 0 Å². The van der Waals surface area contributed by atoms with E-state index in [1.54, 1.807) is 0 Å². The molecule has 4 nitrogen and oxygen atoms in total. The van der Waals surface area contributed by atoms with Crippen LogP contribution in [0.5, 0.6) is 5.75 Å². The average molecular weight is 336 g/mol. The van der Waals surface area contributed by atoms with Gasteiger partial charge in [-0.25, -0.2) is 8.42 Å². The lowest BCUT2D eigenvalue weighted by Gasteiger charge is -2.22. The Kier molecular flexibility index (Phi) is 5.05. The van der Waals surface area contributed by atoms with Crippen LogP contribution >= 0.6 is 0 Å². The fourth-order valence-electron chi connectivity index (χ4n) is 3.69. The molecule has 0 amide bonds. The van der Waals surface area contributed by atoms with Gasteiger partial charge in [0.05, 0.1) is 11.5 Å². The molecule has 2 aliphatic rings. The molecule has 1 aliphatic heterocycles. The Bertz CT molecular complexity index is 642. The normalized spacial score (nSPS) is 24.4. The van der Waals surface area contributed by atoms with Crippen molar-refractivity contribution in [1.29, 1.82) is 0 Å². The lowest BCUT2D eigenvalue weighted by molar-refractivity contribution is -0.135. The molecule has 1 atom stereocenters. The summed E-state index contributed by atoms with van der Waals surface area (Å²) >= 11 is 0. The Labute approximate surface area is 138 Å².